The Bertz CT molecular complexity index is 507. The van der Waals surface area contributed by atoms with Crippen LogP contribution in [0.4, 0.5) is 0 Å². The molecule has 0 saturated carbocycles. The second-order valence-electron chi connectivity index (χ2n) is 6.19. The highest BCUT2D eigenvalue weighted by atomic mass is 15.1. The third-order valence-corrected chi connectivity index (χ3v) is 3.65. The Balaban J connectivity index is 2.01. The van der Waals surface area contributed by atoms with Gasteiger partial charge < -0.3 is 14.5 Å². The van der Waals surface area contributed by atoms with Crippen molar-refractivity contribution in [3.05, 3.63) is 36.9 Å². The van der Waals surface area contributed by atoms with Crippen molar-refractivity contribution in [3.63, 3.8) is 0 Å². The highest BCUT2D eigenvalue weighted by Crippen LogP contribution is 2.21. The summed E-state index contributed by atoms with van der Waals surface area (Å²) in [5.74, 6) is 1.09. The van der Waals surface area contributed by atoms with Crippen molar-refractivity contribution in [1.82, 2.24) is 24.4 Å². The maximum absolute atomic E-state index is 4.42. The van der Waals surface area contributed by atoms with Crippen molar-refractivity contribution in [2.45, 2.75) is 53.4 Å². The van der Waals surface area contributed by atoms with Crippen LogP contribution in [0.2, 0.25) is 0 Å². The molecule has 110 valence electrons. The number of nitrogens with zero attached hydrogens (tertiary/aromatic N) is 4. The summed E-state index contributed by atoms with van der Waals surface area (Å²) >= 11 is 0. The Morgan fingerprint density at radius 3 is 2.65 bits per heavy atom. The highest BCUT2D eigenvalue weighted by Gasteiger charge is 2.24. The number of hydrogen-bond acceptors (Lipinski definition) is 3. The van der Waals surface area contributed by atoms with Gasteiger partial charge in [0.25, 0.3) is 0 Å². The van der Waals surface area contributed by atoms with Gasteiger partial charge in [-0.25, -0.2) is 9.97 Å². The van der Waals surface area contributed by atoms with E-state index in [1.54, 1.807) is 0 Å². The number of hydrogen-bond donors (Lipinski definition) is 1. The third kappa shape index (κ3) is 3.70. The van der Waals surface area contributed by atoms with Gasteiger partial charge in [-0.1, -0.05) is 20.8 Å². The zero-order valence-electron chi connectivity index (χ0n) is 12.9. The minimum atomic E-state index is 0.175. The smallest absolute Gasteiger partial charge is 0.122 e. The van der Waals surface area contributed by atoms with Gasteiger partial charge in [0.2, 0.25) is 0 Å². The zero-order chi connectivity index (χ0) is 14.6. The first-order valence-electron chi connectivity index (χ1n) is 7.20. The SMILES string of the molecule is CCn1ccnc1CNC(Cn1ccnc1)C(C)(C)C. The van der Waals surface area contributed by atoms with Crippen LogP contribution in [0.25, 0.3) is 0 Å². The molecule has 0 saturated heterocycles. The van der Waals surface area contributed by atoms with Crippen molar-refractivity contribution in [3.8, 4) is 0 Å². The summed E-state index contributed by atoms with van der Waals surface area (Å²) in [5.41, 5.74) is 0.175. The number of nitrogens with one attached hydrogen (secondary N) is 1. The summed E-state index contributed by atoms with van der Waals surface area (Å²) in [6.45, 7) is 11.6. The topological polar surface area (TPSA) is 47.7 Å². The van der Waals surface area contributed by atoms with Crippen LogP contribution in [0.15, 0.2) is 31.1 Å². The minimum absolute atomic E-state index is 0.175. The van der Waals surface area contributed by atoms with E-state index in [1.807, 2.05) is 31.1 Å². The average molecular weight is 275 g/mol. The molecule has 20 heavy (non-hydrogen) atoms. The normalized spacial score (nSPS) is 13.6. The van der Waals surface area contributed by atoms with Gasteiger partial charge in [-0.3, -0.25) is 0 Å². The summed E-state index contributed by atoms with van der Waals surface area (Å²) in [5, 5.41) is 3.64. The van der Waals surface area contributed by atoms with E-state index in [1.165, 1.54) is 0 Å². The molecule has 2 rings (SSSR count). The van der Waals surface area contributed by atoms with Crippen LogP contribution in [-0.2, 0) is 19.6 Å². The molecular weight excluding hydrogens is 250 g/mol. The molecular formula is C15H25N5. The first kappa shape index (κ1) is 14.8. The Morgan fingerprint density at radius 1 is 1.25 bits per heavy atom. The summed E-state index contributed by atoms with van der Waals surface area (Å²) in [4.78, 5) is 8.53. The number of imidazole rings is 2. The van der Waals surface area contributed by atoms with Crippen molar-refractivity contribution >= 4 is 0 Å². The summed E-state index contributed by atoms with van der Waals surface area (Å²) in [6, 6.07) is 0.360. The van der Waals surface area contributed by atoms with E-state index in [0.717, 1.165) is 25.5 Å². The van der Waals surface area contributed by atoms with E-state index in [4.69, 9.17) is 0 Å². The summed E-state index contributed by atoms with van der Waals surface area (Å²) in [7, 11) is 0. The maximum Gasteiger partial charge on any atom is 0.122 e. The van der Waals surface area contributed by atoms with Gasteiger partial charge in [0.05, 0.1) is 12.9 Å². The number of rotatable bonds is 6. The van der Waals surface area contributed by atoms with Crippen molar-refractivity contribution in [2.75, 3.05) is 0 Å². The molecule has 0 fully saturated rings. The molecule has 0 aromatic carbocycles. The lowest BCUT2D eigenvalue weighted by atomic mass is 9.86. The zero-order valence-corrected chi connectivity index (χ0v) is 12.9. The van der Waals surface area contributed by atoms with Crippen LogP contribution in [0, 0.1) is 5.41 Å². The quantitative estimate of drug-likeness (QED) is 0.880. The Hall–Kier alpha value is -1.62. The maximum atomic E-state index is 4.42. The van der Waals surface area contributed by atoms with Gasteiger partial charge in [0.15, 0.2) is 0 Å². The Morgan fingerprint density at radius 2 is 2.05 bits per heavy atom. The summed E-state index contributed by atoms with van der Waals surface area (Å²) < 4.78 is 4.29. The number of aryl methyl sites for hydroxylation is 1. The van der Waals surface area contributed by atoms with Crippen LogP contribution in [0.5, 0.6) is 0 Å². The molecule has 0 spiro atoms. The largest absolute Gasteiger partial charge is 0.336 e. The monoisotopic (exact) mass is 275 g/mol. The van der Waals surface area contributed by atoms with Crippen LogP contribution >= 0.6 is 0 Å². The average Bonchev–Trinajstić information content (AvgIpc) is 3.03. The fraction of sp³-hybridized carbons (Fsp3) is 0.600. The first-order valence-corrected chi connectivity index (χ1v) is 7.20. The third-order valence-electron chi connectivity index (χ3n) is 3.65. The Labute approximate surface area is 121 Å². The molecule has 2 aromatic heterocycles. The minimum Gasteiger partial charge on any atom is -0.336 e. The molecule has 5 heteroatoms. The van der Waals surface area contributed by atoms with Gasteiger partial charge in [-0.2, -0.15) is 0 Å². The van der Waals surface area contributed by atoms with Gasteiger partial charge in [-0.15, -0.1) is 0 Å². The molecule has 1 unspecified atom stereocenters. The fourth-order valence-electron chi connectivity index (χ4n) is 2.26. The molecule has 2 aromatic rings. The lowest BCUT2D eigenvalue weighted by Crippen LogP contribution is -2.43. The van der Waals surface area contributed by atoms with Crippen LogP contribution in [0.3, 0.4) is 0 Å². The van der Waals surface area contributed by atoms with E-state index in [-0.39, 0.29) is 5.41 Å². The highest BCUT2D eigenvalue weighted by molar-refractivity contribution is 4.93. The standard InChI is InChI=1S/C15H25N5/c1-5-20-9-7-17-14(20)10-18-13(15(2,3)4)11-19-8-6-16-12-19/h6-9,12-13,18H,5,10-11H2,1-4H3. The molecule has 0 amide bonds. The van der Waals surface area contributed by atoms with Crippen LogP contribution < -0.4 is 5.32 Å². The Kier molecular flexibility index (Phi) is 4.60. The van der Waals surface area contributed by atoms with E-state index < -0.39 is 0 Å². The van der Waals surface area contributed by atoms with Gasteiger partial charge in [0.1, 0.15) is 5.82 Å². The van der Waals surface area contributed by atoms with E-state index in [9.17, 15) is 0 Å². The molecule has 1 N–H and O–H groups in total. The van der Waals surface area contributed by atoms with E-state index in [0.29, 0.717) is 6.04 Å². The molecule has 1 atom stereocenters. The van der Waals surface area contributed by atoms with Gasteiger partial charge in [0, 0.05) is 43.9 Å². The number of aromatic nitrogens is 4. The molecule has 0 radical (unpaired) electrons. The van der Waals surface area contributed by atoms with Crippen molar-refractivity contribution in [1.29, 1.82) is 0 Å². The second kappa shape index (κ2) is 6.22. The van der Waals surface area contributed by atoms with E-state index in [2.05, 4.69) is 52.1 Å². The van der Waals surface area contributed by atoms with E-state index >= 15 is 0 Å². The van der Waals surface area contributed by atoms with Crippen molar-refractivity contribution < 1.29 is 0 Å². The van der Waals surface area contributed by atoms with Gasteiger partial charge in [-0.05, 0) is 12.3 Å². The second-order valence-corrected chi connectivity index (χ2v) is 6.19. The summed E-state index contributed by atoms with van der Waals surface area (Å²) in [6.07, 6.45) is 9.59. The molecule has 0 aliphatic heterocycles. The van der Waals surface area contributed by atoms with Crippen LogP contribution in [0.1, 0.15) is 33.5 Å². The molecule has 2 heterocycles. The molecule has 5 nitrogen and oxygen atoms in total. The lowest BCUT2D eigenvalue weighted by molar-refractivity contribution is 0.238. The predicted octanol–water partition coefficient (Wildman–Crippen LogP) is 2.30. The lowest BCUT2D eigenvalue weighted by Gasteiger charge is -2.32. The van der Waals surface area contributed by atoms with Crippen molar-refractivity contribution in [2.24, 2.45) is 5.41 Å². The fourth-order valence-corrected chi connectivity index (χ4v) is 2.26. The first-order chi connectivity index (χ1) is 9.50. The van der Waals surface area contributed by atoms with Gasteiger partial charge >= 0.3 is 0 Å². The molecule has 0 aliphatic rings. The predicted molar refractivity (Wildman–Crippen MR) is 80.2 cm³/mol. The molecule has 0 aliphatic carbocycles. The van der Waals surface area contributed by atoms with Crippen LogP contribution in [-0.4, -0.2) is 25.1 Å². The molecule has 0 bridgehead atoms.